The Balaban J connectivity index is 1.49. The van der Waals surface area contributed by atoms with Crippen molar-refractivity contribution in [3.8, 4) is 23.3 Å². The van der Waals surface area contributed by atoms with Crippen LogP contribution in [-0.2, 0) is 0 Å². The zero-order chi connectivity index (χ0) is 23.5. The Morgan fingerprint density at radius 3 is 2.74 bits per heavy atom. The van der Waals surface area contributed by atoms with Crippen LogP contribution >= 0.6 is 0 Å². The molecule has 0 unspecified atom stereocenters. The van der Waals surface area contributed by atoms with Crippen LogP contribution in [0.4, 0.5) is 5.69 Å². The van der Waals surface area contributed by atoms with Crippen molar-refractivity contribution in [2.45, 2.75) is 19.9 Å². The molecule has 1 N–H and O–H groups in total. The molecule has 34 heavy (non-hydrogen) atoms. The minimum Gasteiger partial charge on any atom is -0.463 e. The lowest BCUT2D eigenvalue weighted by Crippen LogP contribution is -2.13. The number of fused-ring (bicyclic) bond motifs is 1. The fourth-order valence-corrected chi connectivity index (χ4v) is 3.58. The van der Waals surface area contributed by atoms with Gasteiger partial charge in [0.2, 0.25) is 0 Å². The van der Waals surface area contributed by atoms with Crippen LogP contribution < -0.4 is 5.32 Å². The average molecular weight is 447 g/mol. The van der Waals surface area contributed by atoms with Crippen LogP contribution in [-0.4, -0.2) is 25.7 Å². The molecular formula is C27H21N5O2. The molecule has 0 atom stereocenters. The summed E-state index contributed by atoms with van der Waals surface area (Å²) in [7, 11) is 0. The molecule has 7 heteroatoms. The fourth-order valence-electron chi connectivity index (χ4n) is 3.58. The fraction of sp³-hybridized carbons (Fsp3) is 0.111. The van der Waals surface area contributed by atoms with Crippen molar-refractivity contribution < 1.29 is 9.21 Å². The lowest BCUT2D eigenvalue weighted by atomic mass is 10.1. The number of carbonyl (C=O) groups is 1. The number of nitrogens with one attached hydrogen (secondary N) is 1. The van der Waals surface area contributed by atoms with E-state index < -0.39 is 0 Å². The summed E-state index contributed by atoms with van der Waals surface area (Å²) in [6.07, 6.45) is 4.96. The molecule has 0 fully saturated rings. The largest absolute Gasteiger partial charge is 0.463 e. The van der Waals surface area contributed by atoms with Crippen LogP contribution in [0.15, 0.2) is 83.7 Å². The highest BCUT2D eigenvalue weighted by molar-refractivity contribution is 6.12. The topological polar surface area (TPSA) is 85.8 Å². The van der Waals surface area contributed by atoms with Gasteiger partial charge in [-0.25, -0.2) is 14.6 Å². The molecular weight excluding hydrogens is 426 g/mol. The summed E-state index contributed by atoms with van der Waals surface area (Å²) < 4.78 is 7.33. The Morgan fingerprint density at radius 2 is 1.97 bits per heavy atom. The van der Waals surface area contributed by atoms with Crippen molar-refractivity contribution in [3.63, 3.8) is 0 Å². The van der Waals surface area contributed by atoms with Crippen LogP contribution in [0.5, 0.6) is 0 Å². The van der Waals surface area contributed by atoms with Gasteiger partial charge in [0.15, 0.2) is 11.4 Å². The molecule has 4 heterocycles. The number of hydrogen-bond acceptors (Lipinski definition) is 5. The standard InChI is InChI=1S/C27H21N5O2/c1-18(2)32-26-23(17-29-32)22(16-24(31-26)25-10-6-14-34-25)27(33)30-21-9-5-7-19(15-21)11-12-20-8-3-4-13-28-20/h3-10,13-18H,1-2H3,(H,30,33). The lowest BCUT2D eigenvalue weighted by molar-refractivity contribution is 0.102. The van der Waals surface area contributed by atoms with Crippen molar-refractivity contribution in [1.29, 1.82) is 0 Å². The van der Waals surface area contributed by atoms with Gasteiger partial charge in [0.05, 0.1) is 23.4 Å². The average Bonchev–Trinajstić information content (AvgIpc) is 3.53. The van der Waals surface area contributed by atoms with Crippen LogP contribution in [0.1, 0.15) is 41.5 Å². The van der Waals surface area contributed by atoms with E-state index in [1.165, 1.54) is 0 Å². The molecule has 0 aliphatic heterocycles. The first-order valence-electron chi connectivity index (χ1n) is 10.8. The second-order valence-electron chi connectivity index (χ2n) is 7.95. The minimum absolute atomic E-state index is 0.0853. The van der Waals surface area contributed by atoms with E-state index in [0.717, 1.165) is 5.56 Å². The first-order chi connectivity index (χ1) is 16.6. The number of pyridine rings is 2. The number of furan rings is 1. The monoisotopic (exact) mass is 447 g/mol. The number of nitrogens with zero attached hydrogens (tertiary/aromatic N) is 4. The van der Waals surface area contributed by atoms with E-state index in [1.54, 1.807) is 35.5 Å². The number of anilines is 1. The first-order valence-corrected chi connectivity index (χ1v) is 10.8. The second kappa shape index (κ2) is 9.04. The van der Waals surface area contributed by atoms with E-state index in [-0.39, 0.29) is 11.9 Å². The van der Waals surface area contributed by atoms with E-state index in [9.17, 15) is 4.79 Å². The molecule has 0 saturated heterocycles. The number of amides is 1. The van der Waals surface area contributed by atoms with Gasteiger partial charge in [-0.2, -0.15) is 5.10 Å². The molecule has 7 nitrogen and oxygen atoms in total. The van der Waals surface area contributed by atoms with Gasteiger partial charge in [0.1, 0.15) is 11.4 Å². The SMILES string of the molecule is CC(C)n1ncc2c(C(=O)Nc3cccc(C#Cc4ccccn4)c3)cc(-c3ccco3)nc21. The summed E-state index contributed by atoms with van der Waals surface area (Å²) in [4.78, 5) is 22.3. The van der Waals surface area contributed by atoms with Crippen molar-refractivity contribution >= 4 is 22.6 Å². The molecule has 0 saturated carbocycles. The molecule has 0 aliphatic rings. The van der Waals surface area contributed by atoms with Crippen molar-refractivity contribution in [3.05, 3.63) is 96.1 Å². The number of carbonyl (C=O) groups excluding carboxylic acids is 1. The molecule has 5 rings (SSSR count). The zero-order valence-electron chi connectivity index (χ0n) is 18.7. The van der Waals surface area contributed by atoms with Crippen molar-refractivity contribution in [2.24, 2.45) is 0 Å². The maximum atomic E-state index is 13.4. The van der Waals surface area contributed by atoms with E-state index in [2.05, 4.69) is 27.2 Å². The Labute approximate surface area is 196 Å². The second-order valence-corrected chi connectivity index (χ2v) is 7.95. The van der Waals surface area contributed by atoms with E-state index >= 15 is 0 Å². The van der Waals surface area contributed by atoms with Gasteiger partial charge in [0, 0.05) is 23.5 Å². The predicted molar refractivity (Wildman–Crippen MR) is 130 cm³/mol. The molecule has 4 aromatic heterocycles. The molecule has 1 aromatic carbocycles. The molecule has 0 radical (unpaired) electrons. The van der Waals surface area contributed by atoms with Crippen molar-refractivity contribution in [2.75, 3.05) is 5.32 Å². The quantitative estimate of drug-likeness (QED) is 0.377. The molecule has 0 aliphatic carbocycles. The Kier molecular flexibility index (Phi) is 5.63. The smallest absolute Gasteiger partial charge is 0.256 e. The Hall–Kier alpha value is -4.70. The van der Waals surface area contributed by atoms with Crippen LogP contribution in [0.3, 0.4) is 0 Å². The third-order valence-electron chi connectivity index (χ3n) is 5.19. The summed E-state index contributed by atoms with van der Waals surface area (Å²) in [6.45, 7) is 4.04. The highest BCUT2D eigenvalue weighted by Crippen LogP contribution is 2.27. The van der Waals surface area contributed by atoms with E-state index in [0.29, 0.717) is 39.4 Å². The third kappa shape index (κ3) is 4.30. The Morgan fingerprint density at radius 1 is 1.06 bits per heavy atom. The number of hydrogen-bond donors (Lipinski definition) is 1. The lowest BCUT2D eigenvalue weighted by Gasteiger charge is -2.10. The molecule has 166 valence electrons. The van der Waals surface area contributed by atoms with Crippen LogP contribution in [0.2, 0.25) is 0 Å². The number of rotatable bonds is 4. The zero-order valence-corrected chi connectivity index (χ0v) is 18.7. The summed E-state index contributed by atoms with van der Waals surface area (Å²) in [5.41, 5.74) is 3.76. The Bertz CT molecular complexity index is 1520. The predicted octanol–water partition coefficient (Wildman–Crippen LogP) is 5.32. The minimum atomic E-state index is -0.265. The van der Waals surface area contributed by atoms with Crippen LogP contribution in [0.25, 0.3) is 22.5 Å². The van der Waals surface area contributed by atoms with Gasteiger partial charge in [0.25, 0.3) is 5.91 Å². The summed E-state index contributed by atoms with van der Waals surface area (Å²) >= 11 is 0. The molecule has 5 aromatic rings. The van der Waals surface area contributed by atoms with Crippen molar-refractivity contribution in [1.82, 2.24) is 19.7 Å². The van der Waals surface area contributed by atoms with E-state index in [1.807, 2.05) is 62.4 Å². The molecule has 0 bridgehead atoms. The molecule has 0 spiro atoms. The normalized spacial score (nSPS) is 10.8. The van der Waals surface area contributed by atoms with Crippen LogP contribution in [0, 0.1) is 11.8 Å². The first kappa shape index (κ1) is 21.2. The highest BCUT2D eigenvalue weighted by Gasteiger charge is 2.19. The third-order valence-corrected chi connectivity index (χ3v) is 5.19. The summed E-state index contributed by atoms with van der Waals surface area (Å²) in [5, 5.41) is 8.11. The van der Waals surface area contributed by atoms with Gasteiger partial charge in [-0.1, -0.05) is 18.1 Å². The number of benzene rings is 1. The maximum Gasteiger partial charge on any atom is 0.256 e. The molecule has 1 amide bonds. The summed E-state index contributed by atoms with van der Waals surface area (Å²) in [5.74, 6) is 6.44. The summed E-state index contributed by atoms with van der Waals surface area (Å²) in [6, 6.07) is 18.4. The number of aromatic nitrogens is 4. The maximum absolute atomic E-state index is 13.4. The highest BCUT2D eigenvalue weighted by atomic mass is 16.3. The van der Waals surface area contributed by atoms with E-state index in [4.69, 9.17) is 9.40 Å². The van der Waals surface area contributed by atoms with Gasteiger partial charge < -0.3 is 9.73 Å². The van der Waals surface area contributed by atoms with Gasteiger partial charge >= 0.3 is 0 Å². The van der Waals surface area contributed by atoms with Gasteiger partial charge in [-0.3, -0.25) is 4.79 Å². The van der Waals surface area contributed by atoms with Gasteiger partial charge in [-0.15, -0.1) is 0 Å². The van der Waals surface area contributed by atoms with Gasteiger partial charge in [-0.05, 0) is 68.3 Å².